The van der Waals surface area contributed by atoms with E-state index in [4.69, 9.17) is 0 Å². The minimum Gasteiger partial charge on any atom is -0.369 e. The van der Waals surface area contributed by atoms with E-state index in [-0.39, 0.29) is 0 Å². The fourth-order valence-corrected chi connectivity index (χ4v) is 1.26. The molecule has 0 atom stereocenters. The third-order valence-corrected chi connectivity index (χ3v) is 2.14. The van der Waals surface area contributed by atoms with Crippen molar-refractivity contribution in [3.8, 4) is 0 Å². The molecule has 0 saturated heterocycles. The fraction of sp³-hybridized carbons (Fsp3) is 0.636. The van der Waals surface area contributed by atoms with Gasteiger partial charge in [0.1, 0.15) is 5.82 Å². The van der Waals surface area contributed by atoms with Gasteiger partial charge in [-0.2, -0.15) is 5.10 Å². The van der Waals surface area contributed by atoms with E-state index >= 15 is 0 Å². The maximum Gasteiger partial charge on any atom is 0.148 e. The quantitative estimate of drug-likeness (QED) is 0.720. The predicted octanol–water partition coefficient (Wildman–Crippen LogP) is 1.54. The summed E-state index contributed by atoms with van der Waals surface area (Å²) in [6.45, 7) is 4.04. The minimum atomic E-state index is 0.866. The van der Waals surface area contributed by atoms with E-state index in [1.165, 1.54) is 6.42 Å². The van der Waals surface area contributed by atoms with Crippen LogP contribution in [-0.4, -0.2) is 42.3 Å². The summed E-state index contributed by atoms with van der Waals surface area (Å²) in [6, 6.07) is 3.93. The largest absolute Gasteiger partial charge is 0.369 e. The van der Waals surface area contributed by atoms with E-state index in [9.17, 15) is 0 Å². The first-order valence-electron chi connectivity index (χ1n) is 5.37. The van der Waals surface area contributed by atoms with Gasteiger partial charge in [-0.15, -0.1) is 5.10 Å². The Morgan fingerprint density at radius 1 is 1.20 bits per heavy atom. The first kappa shape index (κ1) is 11.9. The zero-order valence-corrected chi connectivity index (χ0v) is 9.82. The van der Waals surface area contributed by atoms with Gasteiger partial charge >= 0.3 is 0 Å². The molecular weight excluding hydrogens is 188 g/mol. The number of anilines is 1. The molecule has 0 aliphatic heterocycles. The molecule has 0 aliphatic rings. The Labute approximate surface area is 91.7 Å². The SMILES string of the molecule is Cc1ccc(NCCCCN(C)C)nn1. The summed E-state index contributed by atoms with van der Waals surface area (Å²) >= 11 is 0. The number of hydrogen-bond acceptors (Lipinski definition) is 4. The second-order valence-electron chi connectivity index (χ2n) is 4.00. The Kier molecular flexibility index (Phi) is 5.04. The van der Waals surface area contributed by atoms with Gasteiger partial charge in [0, 0.05) is 6.54 Å². The van der Waals surface area contributed by atoms with Crippen molar-refractivity contribution < 1.29 is 0 Å². The van der Waals surface area contributed by atoms with Crippen LogP contribution in [0.5, 0.6) is 0 Å². The lowest BCUT2D eigenvalue weighted by Gasteiger charge is -2.09. The van der Waals surface area contributed by atoms with Gasteiger partial charge in [0.2, 0.25) is 0 Å². The molecule has 0 aliphatic carbocycles. The number of nitrogens with one attached hydrogen (secondary N) is 1. The molecular formula is C11H20N4. The maximum absolute atomic E-state index is 4.04. The van der Waals surface area contributed by atoms with Gasteiger partial charge in [0.15, 0.2) is 0 Å². The van der Waals surface area contributed by atoms with Crippen LogP contribution in [0, 0.1) is 6.92 Å². The molecule has 1 N–H and O–H groups in total. The van der Waals surface area contributed by atoms with Crippen molar-refractivity contribution in [1.82, 2.24) is 15.1 Å². The van der Waals surface area contributed by atoms with Gasteiger partial charge < -0.3 is 10.2 Å². The molecule has 0 aromatic carbocycles. The molecule has 1 rings (SSSR count). The van der Waals surface area contributed by atoms with Gasteiger partial charge in [0.05, 0.1) is 5.69 Å². The highest BCUT2D eigenvalue weighted by atomic mass is 15.2. The molecule has 4 heteroatoms. The second kappa shape index (κ2) is 6.35. The van der Waals surface area contributed by atoms with Crippen LogP contribution in [0.1, 0.15) is 18.5 Å². The van der Waals surface area contributed by atoms with Crippen LogP contribution in [0.15, 0.2) is 12.1 Å². The third kappa shape index (κ3) is 5.32. The first-order valence-corrected chi connectivity index (χ1v) is 5.37. The van der Waals surface area contributed by atoms with Crippen molar-refractivity contribution >= 4 is 5.82 Å². The Hall–Kier alpha value is -1.16. The molecule has 0 unspecified atom stereocenters. The summed E-state index contributed by atoms with van der Waals surface area (Å²) in [7, 11) is 4.19. The highest BCUT2D eigenvalue weighted by molar-refractivity contribution is 5.32. The average Bonchev–Trinajstić information content (AvgIpc) is 2.20. The molecule has 0 saturated carbocycles. The highest BCUT2D eigenvalue weighted by Crippen LogP contribution is 2.01. The minimum absolute atomic E-state index is 0.866. The second-order valence-corrected chi connectivity index (χ2v) is 4.00. The molecule has 0 fully saturated rings. The molecule has 1 aromatic heterocycles. The molecule has 0 bridgehead atoms. The molecule has 0 spiro atoms. The average molecular weight is 208 g/mol. The van der Waals surface area contributed by atoms with Gasteiger partial charge in [-0.25, -0.2) is 0 Å². The molecule has 1 aromatic rings. The van der Waals surface area contributed by atoms with Crippen LogP contribution >= 0.6 is 0 Å². The van der Waals surface area contributed by atoms with Crippen molar-refractivity contribution in [3.05, 3.63) is 17.8 Å². The highest BCUT2D eigenvalue weighted by Gasteiger charge is 1.94. The van der Waals surface area contributed by atoms with E-state index in [0.717, 1.165) is 31.0 Å². The lowest BCUT2D eigenvalue weighted by Crippen LogP contribution is -2.14. The van der Waals surface area contributed by atoms with Crippen LogP contribution in [-0.2, 0) is 0 Å². The summed E-state index contributed by atoms with van der Waals surface area (Å²) in [5.74, 6) is 0.866. The normalized spacial score (nSPS) is 10.7. The van der Waals surface area contributed by atoms with Gasteiger partial charge in [-0.1, -0.05) is 0 Å². The number of nitrogens with zero attached hydrogens (tertiary/aromatic N) is 3. The van der Waals surface area contributed by atoms with E-state index < -0.39 is 0 Å². The topological polar surface area (TPSA) is 41.0 Å². The zero-order valence-electron chi connectivity index (χ0n) is 9.82. The van der Waals surface area contributed by atoms with Gasteiger partial charge in [-0.3, -0.25) is 0 Å². The van der Waals surface area contributed by atoms with Crippen molar-refractivity contribution in [3.63, 3.8) is 0 Å². The summed E-state index contributed by atoms with van der Waals surface area (Å²) in [4.78, 5) is 2.20. The van der Waals surface area contributed by atoms with Crippen LogP contribution in [0.2, 0.25) is 0 Å². The number of rotatable bonds is 6. The van der Waals surface area contributed by atoms with Crippen LogP contribution in [0.25, 0.3) is 0 Å². The Balaban J connectivity index is 2.12. The van der Waals surface area contributed by atoms with Crippen molar-refractivity contribution in [2.75, 3.05) is 32.5 Å². The number of aromatic nitrogens is 2. The monoisotopic (exact) mass is 208 g/mol. The number of hydrogen-bond donors (Lipinski definition) is 1. The van der Waals surface area contributed by atoms with E-state index in [2.05, 4.69) is 34.5 Å². The molecule has 15 heavy (non-hydrogen) atoms. The Morgan fingerprint density at radius 2 is 2.00 bits per heavy atom. The first-order chi connectivity index (χ1) is 7.18. The third-order valence-electron chi connectivity index (χ3n) is 2.14. The number of unbranched alkanes of at least 4 members (excludes halogenated alkanes) is 1. The summed E-state index contributed by atoms with van der Waals surface area (Å²) < 4.78 is 0. The van der Waals surface area contributed by atoms with Crippen LogP contribution in [0.4, 0.5) is 5.82 Å². The number of aryl methyl sites for hydroxylation is 1. The Bertz CT molecular complexity index is 268. The predicted molar refractivity (Wildman–Crippen MR) is 63.0 cm³/mol. The van der Waals surface area contributed by atoms with Crippen molar-refractivity contribution in [2.24, 2.45) is 0 Å². The molecule has 0 amide bonds. The fourth-order valence-electron chi connectivity index (χ4n) is 1.26. The maximum atomic E-state index is 4.04. The molecule has 0 radical (unpaired) electrons. The summed E-state index contributed by atoms with van der Waals surface area (Å²) in [5.41, 5.74) is 0.952. The van der Waals surface area contributed by atoms with Crippen molar-refractivity contribution in [1.29, 1.82) is 0 Å². The summed E-state index contributed by atoms with van der Waals surface area (Å²) in [6.07, 6.45) is 2.37. The zero-order chi connectivity index (χ0) is 11.1. The van der Waals surface area contributed by atoms with Gasteiger partial charge in [0.25, 0.3) is 0 Å². The van der Waals surface area contributed by atoms with Crippen molar-refractivity contribution in [2.45, 2.75) is 19.8 Å². The molecule has 1 heterocycles. The lowest BCUT2D eigenvalue weighted by atomic mass is 10.3. The van der Waals surface area contributed by atoms with Gasteiger partial charge in [-0.05, 0) is 52.5 Å². The van der Waals surface area contributed by atoms with E-state index in [0.29, 0.717) is 0 Å². The Morgan fingerprint density at radius 3 is 2.60 bits per heavy atom. The summed E-state index contributed by atoms with van der Waals surface area (Å²) in [5, 5.41) is 11.3. The smallest absolute Gasteiger partial charge is 0.148 e. The standard InChI is InChI=1S/C11H20N4/c1-10-6-7-11(14-13-10)12-8-4-5-9-15(2)3/h6-7H,4-5,8-9H2,1-3H3,(H,12,14). The molecule has 4 nitrogen and oxygen atoms in total. The van der Waals surface area contributed by atoms with E-state index in [1.807, 2.05) is 19.1 Å². The lowest BCUT2D eigenvalue weighted by molar-refractivity contribution is 0.396. The molecule has 84 valence electrons. The van der Waals surface area contributed by atoms with E-state index in [1.54, 1.807) is 0 Å². The van der Waals surface area contributed by atoms with Crippen LogP contribution in [0.3, 0.4) is 0 Å². The van der Waals surface area contributed by atoms with Crippen LogP contribution < -0.4 is 5.32 Å².